The zero-order valence-corrected chi connectivity index (χ0v) is 17.7. The Morgan fingerprint density at radius 3 is 2.43 bits per heavy atom. The Balaban J connectivity index is 1.62. The fraction of sp³-hybridized carbons (Fsp3) is 0.167. The number of imidazole rings is 1. The summed E-state index contributed by atoms with van der Waals surface area (Å²) in [5.41, 5.74) is 4.71. The minimum atomic E-state index is -0.327. The highest BCUT2D eigenvalue weighted by Crippen LogP contribution is 2.30. The second kappa shape index (κ2) is 9.05. The van der Waals surface area contributed by atoms with Crippen molar-refractivity contribution in [2.24, 2.45) is 0 Å². The number of carbonyl (C=O) groups excluding carboxylic acids is 1. The van der Waals surface area contributed by atoms with Crippen LogP contribution in [0.2, 0.25) is 0 Å². The standard InChI is InChI=1S/C24H22N2O3S/c1-3-29-20-14-12-19(13-15-20)26-22-7-5-4-6-21(22)25-24(26)30-16-17-8-10-18(11-9-17)23(27)28-2/h4-15H,3,16H2,1-2H3. The van der Waals surface area contributed by atoms with Gasteiger partial charge in [-0.15, -0.1) is 0 Å². The van der Waals surface area contributed by atoms with Gasteiger partial charge in [-0.25, -0.2) is 9.78 Å². The van der Waals surface area contributed by atoms with Crippen LogP contribution in [0.3, 0.4) is 0 Å². The predicted molar refractivity (Wildman–Crippen MR) is 120 cm³/mol. The lowest BCUT2D eigenvalue weighted by Gasteiger charge is -2.10. The van der Waals surface area contributed by atoms with Crippen molar-refractivity contribution in [3.8, 4) is 11.4 Å². The molecule has 0 atom stereocenters. The Kier molecular flexibility index (Phi) is 6.05. The third kappa shape index (κ3) is 4.19. The molecule has 3 aromatic carbocycles. The second-order valence-corrected chi connectivity index (χ2v) is 7.57. The van der Waals surface area contributed by atoms with Crippen molar-refractivity contribution in [2.75, 3.05) is 13.7 Å². The van der Waals surface area contributed by atoms with E-state index in [-0.39, 0.29) is 5.97 Å². The molecule has 4 rings (SSSR count). The summed E-state index contributed by atoms with van der Waals surface area (Å²) in [4.78, 5) is 16.5. The van der Waals surface area contributed by atoms with E-state index in [0.717, 1.165) is 38.9 Å². The van der Waals surface area contributed by atoms with Gasteiger partial charge in [-0.1, -0.05) is 36.0 Å². The van der Waals surface area contributed by atoms with Crippen molar-refractivity contribution in [2.45, 2.75) is 17.8 Å². The van der Waals surface area contributed by atoms with Gasteiger partial charge in [-0.3, -0.25) is 4.57 Å². The Morgan fingerprint density at radius 2 is 1.73 bits per heavy atom. The van der Waals surface area contributed by atoms with Gasteiger partial charge in [0.1, 0.15) is 5.75 Å². The average Bonchev–Trinajstić information content (AvgIpc) is 3.16. The van der Waals surface area contributed by atoms with Crippen LogP contribution in [0.1, 0.15) is 22.8 Å². The third-order valence-electron chi connectivity index (χ3n) is 4.68. The second-order valence-electron chi connectivity index (χ2n) is 6.62. The van der Waals surface area contributed by atoms with Crippen LogP contribution in [0.15, 0.2) is 78.0 Å². The molecule has 0 aliphatic heterocycles. The van der Waals surface area contributed by atoms with Gasteiger partial charge in [0.05, 0.1) is 30.3 Å². The van der Waals surface area contributed by atoms with Crippen molar-refractivity contribution in [3.63, 3.8) is 0 Å². The van der Waals surface area contributed by atoms with Gasteiger partial charge in [0.15, 0.2) is 5.16 Å². The number of fused-ring (bicyclic) bond motifs is 1. The van der Waals surface area contributed by atoms with Crippen LogP contribution in [0.25, 0.3) is 16.7 Å². The summed E-state index contributed by atoms with van der Waals surface area (Å²) in [5, 5.41) is 0.914. The van der Waals surface area contributed by atoms with Crippen molar-refractivity contribution in [1.82, 2.24) is 9.55 Å². The quantitative estimate of drug-likeness (QED) is 0.293. The molecule has 0 aliphatic rings. The molecular weight excluding hydrogens is 396 g/mol. The van der Waals surface area contributed by atoms with Gasteiger partial charge in [0.25, 0.3) is 0 Å². The Labute approximate surface area is 179 Å². The Morgan fingerprint density at radius 1 is 1.00 bits per heavy atom. The average molecular weight is 419 g/mol. The van der Waals surface area contributed by atoms with Crippen LogP contribution >= 0.6 is 11.8 Å². The number of hydrogen-bond acceptors (Lipinski definition) is 5. The number of hydrogen-bond donors (Lipinski definition) is 0. The first-order valence-corrected chi connectivity index (χ1v) is 10.7. The molecule has 30 heavy (non-hydrogen) atoms. The highest BCUT2D eigenvalue weighted by Gasteiger charge is 2.13. The number of benzene rings is 3. The van der Waals surface area contributed by atoms with Crippen LogP contribution in [0.4, 0.5) is 0 Å². The molecule has 1 heterocycles. The van der Waals surface area contributed by atoms with Crippen LogP contribution in [-0.4, -0.2) is 29.2 Å². The van der Waals surface area contributed by atoms with Gasteiger partial charge in [0.2, 0.25) is 0 Å². The van der Waals surface area contributed by atoms with Gasteiger partial charge in [0, 0.05) is 11.4 Å². The largest absolute Gasteiger partial charge is 0.494 e. The highest BCUT2D eigenvalue weighted by atomic mass is 32.2. The lowest BCUT2D eigenvalue weighted by Crippen LogP contribution is -2.00. The van der Waals surface area contributed by atoms with E-state index in [1.54, 1.807) is 23.9 Å². The van der Waals surface area contributed by atoms with E-state index >= 15 is 0 Å². The van der Waals surface area contributed by atoms with E-state index in [1.807, 2.05) is 61.5 Å². The van der Waals surface area contributed by atoms with Crippen molar-refractivity contribution >= 4 is 28.8 Å². The van der Waals surface area contributed by atoms with Gasteiger partial charge in [-0.05, 0) is 61.0 Å². The molecular formula is C24H22N2O3S. The number of ether oxygens (including phenoxy) is 2. The predicted octanol–water partition coefficient (Wildman–Crippen LogP) is 5.50. The summed E-state index contributed by atoms with van der Waals surface area (Å²) < 4.78 is 12.5. The third-order valence-corrected chi connectivity index (χ3v) is 5.69. The van der Waals surface area contributed by atoms with E-state index in [4.69, 9.17) is 14.5 Å². The molecule has 0 radical (unpaired) electrons. The molecule has 0 spiro atoms. The molecule has 0 bridgehead atoms. The minimum Gasteiger partial charge on any atom is -0.494 e. The first kappa shape index (κ1) is 20.0. The minimum absolute atomic E-state index is 0.327. The van der Waals surface area contributed by atoms with Crippen molar-refractivity contribution < 1.29 is 14.3 Å². The van der Waals surface area contributed by atoms with E-state index in [9.17, 15) is 4.79 Å². The molecule has 1 aromatic heterocycles. The summed E-state index contributed by atoms with van der Waals surface area (Å²) in [6, 6.07) is 23.7. The zero-order chi connectivity index (χ0) is 20.9. The molecule has 0 unspecified atom stereocenters. The lowest BCUT2D eigenvalue weighted by atomic mass is 10.1. The smallest absolute Gasteiger partial charge is 0.337 e. The summed E-state index contributed by atoms with van der Waals surface area (Å²) in [5.74, 6) is 1.26. The molecule has 6 heteroatoms. The van der Waals surface area contributed by atoms with Gasteiger partial charge in [-0.2, -0.15) is 0 Å². The van der Waals surface area contributed by atoms with E-state index in [1.165, 1.54) is 7.11 Å². The number of thioether (sulfide) groups is 1. The Hall–Kier alpha value is -3.25. The monoisotopic (exact) mass is 418 g/mol. The zero-order valence-electron chi connectivity index (χ0n) is 16.9. The van der Waals surface area contributed by atoms with Crippen LogP contribution in [0, 0.1) is 0 Å². The molecule has 0 amide bonds. The molecule has 0 saturated carbocycles. The summed E-state index contributed by atoms with van der Waals surface area (Å²) >= 11 is 1.66. The number of aromatic nitrogens is 2. The maximum Gasteiger partial charge on any atom is 0.337 e. The molecule has 0 aliphatic carbocycles. The molecule has 5 nitrogen and oxygen atoms in total. The van der Waals surface area contributed by atoms with Crippen molar-refractivity contribution in [1.29, 1.82) is 0 Å². The van der Waals surface area contributed by atoms with Gasteiger partial charge < -0.3 is 9.47 Å². The van der Waals surface area contributed by atoms with E-state index < -0.39 is 0 Å². The first-order chi connectivity index (χ1) is 14.7. The maximum absolute atomic E-state index is 11.6. The van der Waals surface area contributed by atoms with E-state index in [2.05, 4.69) is 10.6 Å². The summed E-state index contributed by atoms with van der Waals surface area (Å²) in [7, 11) is 1.39. The number of para-hydroxylation sites is 2. The van der Waals surface area contributed by atoms with Crippen LogP contribution in [0.5, 0.6) is 5.75 Å². The fourth-order valence-electron chi connectivity index (χ4n) is 3.21. The fourth-order valence-corrected chi connectivity index (χ4v) is 4.20. The molecule has 4 aromatic rings. The molecule has 0 fully saturated rings. The number of nitrogens with zero attached hydrogens (tertiary/aromatic N) is 2. The SMILES string of the molecule is CCOc1ccc(-n2c(SCc3ccc(C(=O)OC)cc3)nc3ccccc32)cc1. The van der Waals surface area contributed by atoms with Gasteiger partial charge >= 0.3 is 5.97 Å². The lowest BCUT2D eigenvalue weighted by molar-refractivity contribution is 0.0600. The van der Waals surface area contributed by atoms with Crippen LogP contribution < -0.4 is 4.74 Å². The molecule has 0 saturated heterocycles. The molecule has 0 N–H and O–H groups in total. The summed E-state index contributed by atoms with van der Waals surface area (Å²) in [6.07, 6.45) is 0. The highest BCUT2D eigenvalue weighted by molar-refractivity contribution is 7.98. The normalized spacial score (nSPS) is 10.9. The van der Waals surface area contributed by atoms with Crippen molar-refractivity contribution in [3.05, 3.63) is 83.9 Å². The topological polar surface area (TPSA) is 53.4 Å². The number of esters is 1. The number of carbonyl (C=O) groups is 1. The Bertz CT molecular complexity index is 1150. The van der Waals surface area contributed by atoms with E-state index in [0.29, 0.717) is 12.2 Å². The number of methoxy groups -OCH3 is 1. The number of rotatable bonds is 7. The maximum atomic E-state index is 11.6. The van der Waals surface area contributed by atoms with Crippen LogP contribution in [-0.2, 0) is 10.5 Å². The first-order valence-electron chi connectivity index (χ1n) is 9.70. The molecule has 152 valence electrons. The summed E-state index contributed by atoms with van der Waals surface area (Å²) in [6.45, 7) is 2.62.